The number of aromatic nitrogens is 2. The molecule has 5 heteroatoms. The van der Waals surface area contributed by atoms with Crippen LogP contribution >= 0.6 is 11.6 Å². The van der Waals surface area contributed by atoms with Gasteiger partial charge in [-0.3, -0.25) is 0 Å². The molecular weight excluding hydrogens is 224 g/mol. The predicted molar refractivity (Wildman–Crippen MR) is 68.8 cm³/mol. The lowest BCUT2D eigenvalue weighted by atomic mass is 10.1. The third-order valence-corrected chi connectivity index (χ3v) is 2.57. The highest BCUT2D eigenvalue weighted by molar-refractivity contribution is 6.32. The highest BCUT2D eigenvalue weighted by Crippen LogP contribution is 2.27. The highest BCUT2D eigenvalue weighted by Gasteiger charge is 2.17. The van der Waals surface area contributed by atoms with Crippen molar-refractivity contribution in [1.29, 1.82) is 0 Å². The molecule has 0 atom stereocenters. The van der Waals surface area contributed by atoms with E-state index in [1.54, 1.807) is 0 Å². The van der Waals surface area contributed by atoms with Gasteiger partial charge >= 0.3 is 0 Å². The molecule has 0 spiro atoms. The van der Waals surface area contributed by atoms with E-state index < -0.39 is 0 Å². The van der Waals surface area contributed by atoms with Crippen molar-refractivity contribution in [3.05, 3.63) is 11.5 Å². The van der Waals surface area contributed by atoms with Gasteiger partial charge in [0.05, 0.1) is 0 Å². The van der Waals surface area contributed by atoms with Crippen LogP contribution in [0.4, 0.5) is 11.5 Å². The van der Waals surface area contributed by atoms with Gasteiger partial charge in [-0.15, -0.1) is 0 Å². The number of rotatable bonds is 4. The zero-order chi connectivity index (χ0) is 12.3. The van der Waals surface area contributed by atoms with E-state index in [9.17, 15) is 0 Å². The van der Waals surface area contributed by atoms with Crippen LogP contribution in [0.3, 0.4) is 0 Å². The molecule has 0 radical (unpaired) electrons. The smallest absolute Gasteiger partial charge is 0.157 e. The second-order valence-corrected chi connectivity index (χ2v) is 4.90. The summed E-state index contributed by atoms with van der Waals surface area (Å²) >= 11 is 5.90. The van der Waals surface area contributed by atoms with Gasteiger partial charge in [0.15, 0.2) is 11.0 Å². The lowest BCUT2D eigenvalue weighted by Crippen LogP contribution is -2.35. The normalized spacial score (nSPS) is 11.2. The Labute approximate surface area is 102 Å². The summed E-state index contributed by atoms with van der Waals surface area (Å²) in [5.41, 5.74) is 6.36. The second-order valence-electron chi connectivity index (χ2n) is 4.54. The molecule has 1 aromatic heterocycles. The molecule has 1 aromatic rings. The van der Waals surface area contributed by atoms with Crippen molar-refractivity contribution in [2.75, 3.05) is 17.2 Å². The first-order valence-corrected chi connectivity index (χ1v) is 5.83. The van der Waals surface area contributed by atoms with Crippen LogP contribution in [-0.2, 0) is 0 Å². The zero-order valence-electron chi connectivity index (χ0n) is 10.2. The fraction of sp³-hybridized carbons (Fsp3) is 0.636. The number of nitrogen functional groups attached to an aromatic ring is 1. The third kappa shape index (κ3) is 2.98. The van der Waals surface area contributed by atoms with Gasteiger partial charge in [0, 0.05) is 12.6 Å². The summed E-state index contributed by atoms with van der Waals surface area (Å²) in [6.07, 6.45) is 1.45. The van der Waals surface area contributed by atoms with Gasteiger partial charge in [-0.2, -0.15) is 0 Å². The predicted octanol–water partition coefficient (Wildman–Crippen LogP) is 2.58. The van der Waals surface area contributed by atoms with Crippen molar-refractivity contribution >= 4 is 23.1 Å². The maximum absolute atomic E-state index is 5.90. The Bertz CT molecular complexity index is 352. The van der Waals surface area contributed by atoms with Gasteiger partial charge in [-0.1, -0.05) is 25.4 Å². The summed E-state index contributed by atoms with van der Waals surface area (Å²) in [6.45, 7) is 9.44. The minimum atomic E-state index is 0.319. The van der Waals surface area contributed by atoms with Crippen LogP contribution in [0.1, 0.15) is 27.7 Å². The number of nitrogens with two attached hydrogens (primary N) is 1. The fourth-order valence-corrected chi connectivity index (χ4v) is 1.66. The lowest BCUT2D eigenvalue weighted by Gasteiger charge is -2.30. The third-order valence-electron chi connectivity index (χ3n) is 2.27. The summed E-state index contributed by atoms with van der Waals surface area (Å²) < 4.78 is 0. The molecule has 0 aliphatic carbocycles. The van der Waals surface area contributed by atoms with E-state index in [0.29, 0.717) is 22.8 Å². The second kappa shape index (κ2) is 5.34. The van der Waals surface area contributed by atoms with Crippen LogP contribution in [0, 0.1) is 5.92 Å². The lowest BCUT2D eigenvalue weighted by molar-refractivity contribution is 0.566. The monoisotopic (exact) mass is 242 g/mol. The number of hydrogen-bond donors (Lipinski definition) is 1. The van der Waals surface area contributed by atoms with E-state index in [4.69, 9.17) is 17.3 Å². The van der Waals surface area contributed by atoms with Crippen LogP contribution in [0.2, 0.25) is 5.15 Å². The van der Waals surface area contributed by atoms with E-state index in [1.165, 1.54) is 6.33 Å². The largest absolute Gasteiger partial charge is 0.393 e. The molecule has 0 aliphatic rings. The van der Waals surface area contributed by atoms with Crippen LogP contribution in [0.25, 0.3) is 0 Å². The molecule has 0 aromatic carbocycles. The Kier molecular flexibility index (Phi) is 4.35. The Hall–Kier alpha value is -1.03. The van der Waals surface area contributed by atoms with Crippen molar-refractivity contribution in [1.82, 2.24) is 9.97 Å². The molecular formula is C11H19ClN4. The van der Waals surface area contributed by atoms with Crippen LogP contribution in [-0.4, -0.2) is 22.6 Å². The zero-order valence-corrected chi connectivity index (χ0v) is 11.0. The Morgan fingerprint density at radius 3 is 2.44 bits per heavy atom. The maximum atomic E-state index is 5.90. The summed E-state index contributed by atoms with van der Waals surface area (Å²) in [5.74, 6) is 1.26. The summed E-state index contributed by atoms with van der Waals surface area (Å²) in [4.78, 5) is 10.2. The van der Waals surface area contributed by atoms with Crippen molar-refractivity contribution in [2.45, 2.75) is 33.7 Å². The quantitative estimate of drug-likeness (QED) is 0.825. The van der Waals surface area contributed by atoms with Crippen LogP contribution in [0.5, 0.6) is 0 Å². The molecule has 90 valence electrons. The molecule has 0 fully saturated rings. The molecule has 0 bridgehead atoms. The molecule has 0 amide bonds. The van der Waals surface area contributed by atoms with Gasteiger partial charge in [-0.25, -0.2) is 9.97 Å². The molecule has 1 rings (SSSR count). The molecule has 0 aliphatic heterocycles. The molecule has 1 heterocycles. The molecule has 0 saturated carbocycles. The first-order chi connectivity index (χ1) is 7.43. The average Bonchev–Trinajstić information content (AvgIpc) is 2.18. The fourth-order valence-electron chi connectivity index (χ4n) is 1.53. The molecule has 2 N–H and O–H groups in total. The minimum absolute atomic E-state index is 0.319. The first-order valence-electron chi connectivity index (χ1n) is 5.46. The van der Waals surface area contributed by atoms with Gasteiger partial charge in [-0.05, 0) is 19.8 Å². The van der Waals surface area contributed by atoms with Crippen molar-refractivity contribution in [3.63, 3.8) is 0 Å². The van der Waals surface area contributed by atoms with E-state index >= 15 is 0 Å². The maximum Gasteiger partial charge on any atom is 0.157 e. The molecule has 0 saturated heterocycles. The Morgan fingerprint density at radius 1 is 1.31 bits per heavy atom. The van der Waals surface area contributed by atoms with Gasteiger partial charge in [0.1, 0.15) is 12.0 Å². The topological polar surface area (TPSA) is 55.0 Å². The Balaban J connectivity index is 3.06. The van der Waals surface area contributed by atoms with Gasteiger partial charge in [0.2, 0.25) is 0 Å². The van der Waals surface area contributed by atoms with E-state index in [2.05, 4.69) is 42.6 Å². The van der Waals surface area contributed by atoms with Crippen molar-refractivity contribution < 1.29 is 0 Å². The van der Waals surface area contributed by atoms with Crippen molar-refractivity contribution in [3.8, 4) is 0 Å². The minimum Gasteiger partial charge on any atom is -0.393 e. The molecule has 16 heavy (non-hydrogen) atoms. The SMILES string of the molecule is CC(C)CN(c1ncnc(Cl)c1N)C(C)C. The number of anilines is 2. The van der Waals surface area contributed by atoms with Crippen LogP contribution < -0.4 is 10.6 Å². The number of hydrogen-bond acceptors (Lipinski definition) is 4. The first kappa shape index (κ1) is 13.0. The molecule has 0 unspecified atom stereocenters. The van der Waals surface area contributed by atoms with E-state index in [0.717, 1.165) is 12.4 Å². The van der Waals surface area contributed by atoms with E-state index in [-0.39, 0.29) is 0 Å². The summed E-state index contributed by atoms with van der Waals surface area (Å²) in [6, 6.07) is 0.329. The molecule has 4 nitrogen and oxygen atoms in total. The number of halogens is 1. The van der Waals surface area contributed by atoms with E-state index in [1.807, 2.05) is 0 Å². The Morgan fingerprint density at radius 2 is 1.94 bits per heavy atom. The highest BCUT2D eigenvalue weighted by atomic mass is 35.5. The van der Waals surface area contributed by atoms with Gasteiger partial charge < -0.3 is 10.6 Å². The van der Waals surface area contributed by atoms with Crippen LogP contribution in [0.15, 0.2) is 6.33 Å². The average molecular weight is 243 g/mol. The van der Waals surface area contributed by atoms with Crippen molar-refractivity contribution in [2.24, 2.45) is 5.92 Å². The summed E-state index contributed by atoms with van der Waals surface area (Å²) in [5, 5.41) is 0.319. The number of nitrogens with zero attached hydrogens (tertiary/aromatic N) is 3. The standard InChI is InChI=1S/C11H19ClN4/c1-7(2)5-16(8(3)4)11-9(13)10(12)14-6-15-11/h6-8H,5,13H2,1-4H3. The van der Waals surface area contributed by atoms with Gasteiger partial charge in [0.25, 0.3) is 0 Å². The summed E-state index contributed by atoms with van der Waals surface area (Å²) in [7, 11) is 0.